The minimum atomic E-state index is -4.78. The number of alkyl halides is 3. The maximum atomic E-state index is 12.2. The summed E-state index contributed by atoms with van der Waals surface area (Å²) in [5.74, 6) is -0.273. The van der Waals surface area contributed by atoms with Gasteiger partial charge in [-0.05, 0) is 24.3 Å². The molecule has 0 aliphatic carbocycles. The van der Waals surface area contributed by atoms with E-state index in [9.17, 15) is 18.0 Å². The summed E-state index contributed by atoms with van der Waals surface area (Å²) in [7, 11) is 3.56. The highest BCUT2D eigenvalue weighted by molar-refractivity contribution is 6.04. The Morgan fingerprint density at radius 1 is 1.22 bits per heavy atom. The number of hydrogen-bond acceptors (Lipinski definition) is 4. The molecule has 1 amide bonds. The van der Waals surface area contributed by atoms with E-state index in [1.165, 1.54) is 24.4 Å². The van der Waals surface area contributed by atoms with E-state index in [-0.39, 0.29) is 5.69 Å². The minimum Gasteiger partial charge on any atom is -0.406 e. The van der Waals surface area contributed by atoms with Gasteiger partial charge in [-0.2, -0.15) is 0 Å². The zero-order chi connectivity index (χ0) is 17.0. The third-order valence-corrected chi connectivity index (χ3v) is 2.79. The first-order valence-electron chi connectivity index (χ1n) is 6.55. The summed E-state index contributed by atoms with van der Waals surface area (Å²) in [5, 5.41) is 2.52. The number of pyridine rings is 1. The third-order valence-electron chi connectivity index (χ3n) is 2.79. The molecule has 1 aromatic carbocycles. The van der Waals surface area contributed by atoms with Gasteiger partial charge in [0.15, 0.2) is 0 Å². The van der Waals surface area contributed by atoms with E-state index >= 15 is 0 Å². The normalized spacial score (nSPS) is 11.0. The van der Waals surface area contributed by atoms with Crippen LogP contribution in [0.25, 0.3) is 0 Å². The first-order valence-corrected chi connectivity index (χ1v) is 6.55. The van der Waals surface area contributed by atoms with E-state index in [0.29, 0.717) is 11.4 Å². The van der Waals surface area contributed by atoms with Gasteiger partial charge >= 0.3 is 6.36 Å². The predicted octanol–water partition coefficient (Wildman–Crippen LogP) is 3.30. The summed E-state index contributed by atoms with van der Waals surface area (Å²) in [5.41, 5.74) is 0.533. The maximum Gasteiger partial charge on any atom is 0.573 e. The number of carbonyl (C=O) groups excluding carboxylic acids is 1. The summed E-state index contributed by atoms with van der Waals surface area (Å²) >= 11 is 0. The van der Waals surface area contributed by atoms with E-state index in [1.54, 1.807) is 25.1 Å². The predicted molar refractivity (Wildman–Crippen MR) is 79.6 cm³/mol. The van der Waals surface area contributed by atoms with Gasteiger partial charge in [0.1, 0.15) is 11.6 Å². The fourth-order valence-electron chi connectivity index (χ4n) is 1.78. The quantitative estimate of drug-likeness (QED) is 0.937. The molecular weight excluding hydrogens is 311 g/mol. The SMILES string of the molecule is CN(C)c1cc(C(=O)Nc2cccc(OC(F)(F)F)c2)ccn1. The van der Waals surface area contributed by atoms with Crippen molar-refractivity contribution in [3.05, 3.63) is 48.2 Å². The lowest BCUT2D eigenvalue weighted by molar-refractivity contribution is -0.274. The Kier molecular flexibility index (Phi) is 4.73. The number of halogens is 3. The fraction of sp³-hybridized carbons (Fsp3) is 0.200. The van der Waals surface area contributed by atoms with E-state index < -0.39 is 18.0 Å². The van der Waals surface area contributed by atoms with E-state index in [4.69, 9.17) is 0 Å². The molecule has 5 nitrogen and oxygen atoms in total. The summed E-state index contributed by atoms with van der Waals surface area (Å²) in [4.78, 5) is 18.0. The van der Waals surface area contributed by atoms with Crippen molar-refractivity contribution in [2.75, 3.05) is 24.3 Å². The molecule has 0 saturated carbocycles. The van der Waals surface area contributed by atoms with Crippen LogP contribution in [0.1, 0.15) is 10.4 Å². The fourth-order valence-corrected chi connectivity index (χ4v) is 1.78. The molecule has 0 atom stereocenters. The minimum absolute atomic E-state index is 0.194. The van der Waals surface area contributed by atoms with Crippen LogP contribution in [-0.2, 0) is 0 Å². The van der Waals surface area contributed by atoms with Gasteiger partial charge in [0.2, 0.25) is 0 Å². The second kappa shape index (κ2) is 6.55. The molecule has 0 unspecified atom stereocenters. The van der Waals surface area contributed by atoms with Crippen LogP contribution in [0.2, 0.25) is 0 Å². The van der Waals surface area contributed by atoms with Gasteiger partial charge in [-0.25, -0.2) is 4.98 Å². The number of benzene rings is 1. The molecule has 1 aromatic heterocycles. The van der Waals surface area contributed by atoms with Crippen molar-refractivity contribution in [2.45, 2.75) is 6.36 Å². The number of rotatable bonds is 4. The number of hydrogen-bond donors (Lipinski definition) is 1. The van der Waals surface area contributed by atoms with Crippen molar-refractivity contribution >= 4 is 17.4 Å². The molecule has 1 heterocycles. The molecule has 2 aromatic rings. The lowest BCUT2D eigenvalue weighted by Gasteiger charge is -2.13. The second-order valence-electron chi connectivity index (χ2n) is 4.83. The molecule has 0 saturated heterocycles. The van der Waals surface area contributed by atoms with E-state index in [2.05, 4.69) is 15.0 Å². The molecular formula is C15H14F3N3O2. The standard InChI is InChI=1S/C15H14F3N3O2/c1-21(2)13-8-10(6-7-19-13)14(22)20-11-4-3-5-12(9-11)23-15(16,17)18/h3-9H,1-2H3,(H,20,22). The molecule has 0 aliphatic heterocycles. The zero-order valence-corrected chi connectivity index (χ0v) is 12.4. The van der Waals surface area contributed by atoms with Crippen molar-refractivity contribution in [3.8, 4) is 5.75 Å². The van der Waals surface area contributed by atoms with Gasteiger partial charge in [-0.1, -0.05) is 6.07 Å². The Labute approximate surface area is 130 Å². The van der Waals surface area contributed by atoms with E-state index in [1.807, 2.05) is 0 Å². The topological polar surface area (TPSA) is 54.5 Å². The first kappa shape index (κ1) is 16.6. The van der Waals surface area contributed by atoms with Gasteiger partial charge in [-0.3, -0.25) is 4.79 Å². The smallest absolute Gasteiger partial charge is 0.406 e. The summed E-state index contributed by atoms with van der Waals surface area (Å²) < 4.78 is 40.4. The number of ether oxygens (including phenoxy) is 1. The van der Waals surface area contributed by atoms with Crippen LogP contribution in [0, 0.1) is 0 Å². The van der Waals surface area contributed by atoms with Gasteiger partial charge in [0.05, 0.1) is 0 Å². The van der Waals surface area contributed by atoms with Crippen molar-refractivity contribution in [3.63, 3.8) is 0 Å². The summed E-state index contributed by atoms with van der Waals surface area (Å²) in [6.07, 6.45) is -3.30. The highest BCUT2D eigenvalue weighted by Crippen LogP contribution is 2.25. The van der Waals surface area contributed by atoms with Crippen molar-refractivity contribution in [1.29, 1.82) is 0 Å². The molecule has 0 aliphatic rings. The Bertz CT molecular complexity index is 702. The monoisotopic (exact) mass is 325 g/mol. The van der Waals surface area contributed by atoms with Crippen LogP contribution in [-0.4, -0.2) is 31.3 Å². The van der Waals surface area contributed by atoms with Crippen LogP contribution in [0.4, 0.5) is 24.7 Å². The van der Waals surface area contributed by atoms with Crippen LogP contribution < -0.4 is 15.0 Å². The molecule has 0 radical (unpaired) electrons. The van der Waals surface area contributed by atoms with Crippen LogP contribution in [0.5, 0.6) is 5.75 Å². The second-order valence-corrected chi connectivity index (χ2v) is 4.83. The Morgan fingerprint density at radius 3 is 2.61 bits per heavy atom. The highest BCUT2D eigenvalue weighted by atomic mass is 19.4. The lowest BCUT2D eigenvalue weighted by Crippen LogP contribution is -2.18. The molecule has 8 heteroatoms. The lowest BCUT2D eigenvalue weighted by atomic mass is 10.2. The molecule has 23 heavy (non-hydrogen) atoms. The average molecular weight is 325 g/mol. The largest absolute Gasteiger partial charge is 0.573 e. The Morgan fingerprint density at radius 2 is 1.96 bits per heavy atom. The zero-order valence-electron chi connectivity index (χ0n) is 12.4. The molecule has 2 rings (SSSR count). The van der Waals surface area contributed by atoms with Crippen molar-refractivity contribution in [2.24, 2.45) is 0 Å². The van der Waals surface area contributed by atoms with Gasteiger partial charge < -0.3 is 15.0 Å². The molecule has 122 valence electrons. The number of aromatic nitrogens is 1. The van der Waals surface area contributed by atoms with Crippen molar-refractivity contribution < 1.29 is 22.7 Å². The molecule has 0 fully saturated rings. The summed E-state index contributed by atoms with van der Waals surface area (Å²) in [6.45, 7) is 0. The Balaban J connectivity index is 2.14. The van der Waals surface area contributed by atoms with Crippen LogP contribution in [0.15, 0.2) is 42.6 Å². The number of nitrogens with one attached hydrogen (secondary N) is 1. The first-order chi connectivity index (χ1) is 10.7. The molecule has 0 spiro atoms. The number of nitrogens with zero attached hydrogens (tertiary/aromatic N) is 2. The van der Waals surface area contributed by atoms with Gasteiger partial charge in [0.25, 0.3) is 5.91 Å². The molecule has 1 N–H and O–H groups in total. The molecule has 0 bridgehead atoms. The number of amides is 1. The average Bonchev–Trinajstić information content (AvgIpc) is 2.46. The van der Waals surface area contributed by atoms with Gasteiger partial charge in [0, 0.05) is 37.6 Å². The number of carbonyl (C=O) groups is 1. The van der Waals surface area contributed by atoms with Gasteiger partial charge in [-0.15, -0.1) is 13.2 Å². The maximum absolute atomic E-state index is 12.2. The third kappa shape index (κ3) is 4.87. The van der Waals surface area contributed by atoms with Crippen LogP contribution in [0.3, 0.4) is 0 Å². The van der Waals surface area contributed by atoms with Crippen LogP contribution >= 0.6 is 0 Å². The Hall–Kier alpha value is -2.77. The van der Waals surface area contributed by atoms with E-state index in [0.717, 1.165) is 12.1 Å². The highest BCUT2D eigenvalue weighted by Gasteiger charge is 2.31. The van der Waals surface area contributed by atoms with Crippen molar-refractivity contribution in [1.82, 2.24) is 4.98 Å². The summed E-state index contributed by atoms with van der Waals surface area (Å²) in [6, 6.07) is 8.16. The number of anilines is 2.